The zero-order valence-corrected chi connectivity index (χ0v) is 19.2. The summed E-state index contributed by atoms with van der Waals surface area (Å²) in [7, 11) is 1.70. The van der Waals surface area contributed by atoms with E-state index in [4.69, 9.17) is 9.84 Å². The molecule has 1 aromatic heterocycles. The molecule has 33 heavy (non-hydrogen) atoms. The van der Waals surface area contributed by atoms with Crippen molar-refractivity contribution in [3.8, 4) is 16.9 Å². The summed E-state index contributed by atoms with van der Waals surface area (Å²) >= 11 is 0. The number of aliphatic carboxylic acids is 1. The molecule has 0 fully saturated rings. The van der Waals surface area contributed by atoms with Gasteiger partial charge in [-0.25, -0.2) is 0 Å². The van der Waals surface area contributed by atoms with Crippen molar-refractivity contribution in [1.82, 2.24) is 4.98 Å². The van der Waals surface area contributed by atoms with E-state index in [9.17, 15) is 9.59 Å². The lowest BCUT2D eigenvalue weighted by atomic mass is 9.95. The highest BCUT2D eigenvalue weighted by molar-refractivity contribution is 6.07. The van der Waals surface area contributed by atoms with Crippen LogP contribution < -0.4 is 9.64 Å². The highest BCUT2D eigenvalue weighted by Gasteiger charge is 2.19. The van der Waals surface area contributed by atoms with Gasteiger partial charge in [0.1, 0.15) is 5.75 Å². The molecule has 0 saturated heterocycles. The smallest absolute Gasteiger partial charge is 0.303 e. The molecule has 0 bridgehead atoms. The molecule has 0 spiro atoms. The fourth-order valence-corrected chi connectivity index (χ4v) is 3.58. The molecule has 1 N–H and O–H groups in total. The van der Waals surface area contributed by atoms with Crippen LogP contribution in [0.15, 0.2) is 61.3 Å². The average Bonchev–Trinajstić information content (AvgIpc) is 2.81. The molecule has 170 valence electrons. The quantitative estimate of drug-likeness (QED) is 0.439. The zero-order chi connectivity index (χ0) is 24.0. The third-order valence-electron chi connectivity index (χ3n) is 5.44. The summed E-state index contributed by atoms with van der Waals surface area (Å²) in [6.45, 7) is 8.05. The molecule has 0 radical (unpaired) electrons. The Labute approximate surface area is 194 Å². The summed E-state index contributed by atoms with van der Waals surface area (Å²) in [4.78, 5) is 30.1. The van der Waals surface area contributed by atoms with Crippen molar-refractivity contribution in [2.45, 2.75) is 26.7 Å². The molecule has 3 aromatic rings. The van der Waals surface area contributed by atoms with Crippen LogP contribution in [0.3, 0.4) is 0 Å². The fourth-order valence-electron chi connectivity index (χ4n) is 3.58. The van der Waals surface area contributed by atoms with E-state index in [0.717, 1.165) is 27.9 Å². The number of ether oxygens (including phenoxy) is 1. The number of carboxylic acid groups (broad SMARTS) is 1. The summed E-state index contributed by atoms with van der Waals surface area (Å²) in [6, 6.07) is 14.8. The number of nitrogens with zero attached hydrogens (tertiary/aromatic N) is 2. The van der Waals surface area contributed by atoms with Gasteiger partial charge in [-0.2, -0.15) is 0 Å². The third-order valence-corrected chi connectivity index (χ3v) is 5.44. The minimum absolute atomic E-state index is 0.0329. The van der Waals surface area contributed by atoms with Gasteiger partial charge in [-0.1, -0.05) is 24.8 Å². The summed E-state index contributed by atoms with van der Waals surface area (Å²) in [5.74, 6) is -0.504. The van der Waals surface area contributed by atoms with Gasteiger partial charge in [-0.15, -0.1) is 0 Å². The summed E-state index contributed by atoms with van der Waals surface area (Å²) in [6.07, 6.45) is 3.94. The van der Waals surface area contributed by atoms with E-state index < -0.39 is 5.97 Å². The lowest BCUT2D eigenvalue weighted by molar-refractivity contribution is -0.137. The molecular weight excluding hydrogens is 416 g/mol. The number of carboxylic acids is 1. The largest absolute Gasteiger partial charge is 0.491 e. The summed E-state index contributed by atoms with van der Waals surface area (Å²) in [5.41, 5.74) is 6.00. The Bertz CT molecular complexity index is 1190. The topological polar surface area (TPSA) is 79.7 Å². The summed E-state index contributed by atoms with van der Waals surface area (Å²) in [5, 5.41) is 8.80. The Hall–Kier alpha value is -3.93. The van der Waals surface area contributed by atoms with E-state index in [1.165, 1.54) is 0 Å². The van der Waals surface area contributed by atoms with E-state index in [0.29, 0.717) is 23.4 Å². The van der Waals surface area contributed by atoms with Crippen LogP contribution in [0.2, 0.25) is 0 Å². The highest BCUT2D eigenvalue weighted by atomic mass is 16.5. The van der Waals surface area contributed by atoms with Crippen LogP contribution >= 0.6 is 0 Å². The van der Waals surface area contributed by atoms with Crippen LogP contribution in [-0.4, -0.2) is 35.6 Å². The van der Waals surface area contributed by atoms with Gasteiger partial charge in [0, 0.05) is 30.8 Å². The molecule has 0 atom stereocenters. The highest BCUT2D eigenvalue weighted by Crippen LogP contribution is 2.31. The second-order valence-corrected chi connectivity index (χ2v) is 7.84. The monoisotopic (exact) mass is 444 g/mol. The molecule has 0 aliphatic rings. The molecule has 6 heteroatoms. The van der Waals surface area contributed by atoms with Gasteiger partial charge >= 0.3 is 5.97 Å². The number of rotatable bonds is 9. The molecule has 3 rings (SSSR count). The molecule has 0 aliphatic heterocycles. The average molecular weight is 445 g/mol. The van der Waals surface area contributed by atoms with Crippen LogP contribution in [0.4, 0.5) is 5.69 Å². The van der Waals surface area contributed by atoms with Crippen LogP contribution in [0, 0.1) is 13.8 Å². The maximum atomic E-state index is 13.4. The number of benzene rings is 2. The van der Waals surface area contributed by atoms with Gasteiger partial charge in [-0.05, 0) is 73.4 Å². The van der Waals surface area contributed by atoms with Gasteiger partial charge in [0.2, 0.25) is 0 Å². The number of pyridine rings is 1. The molecule has 1 amide bonds. The normalized spacial score (nSPS) is 10.5. The first-order valence-corrected chi connectivity index (χ1v) is 10.7. The molecule has 1 heterocycles. The van der Waals surface area contributed by atoms with Gasteiger partial charge in [0.25, 0.3) is 5.91 Å². The number of hydrogen-bond acceptors (Lipinski definition) is 4. The van der Waals surface area contributed by atoms with Gasteiger partial charge in [-0.3, -0.25) is 14.6 Å². The fraction of sp³-hybridized carbons (Fsp3) is 0.222. The number of anilines is 1. The van der Waals surface area contributed by atoms with Crippen molar-refractivity contribution in [2.75, 3.05) is 18.6 Å². The second-order valence-electron chi connectivity index (χ2n) is 7.84. The van der Waals surface area contributed by atoms with Crippen LogP contribution in [0.5, 0.6) is 5.75 Å². The standard InChI is InChI=1S/C27H28N2O4/c1-5-21-15-19(3)23(17-28-21)22-16-20(13-12-18(22)2)27(32)29(4)24-9-6-7-10-25(24)33-14-8-11-26(30)31/h5-7,9-10,12-13,15-17H,1,8,11,14H2,2-4H3,(H,30,31). The predicted molar refractivity (Wildman–Crippen MR) is 131 cm³/mol. The van der Waals surface area contributed by atoms with Crippen molar-refractivity contribution in [3.05, 3.63) is 83.7 Å². The van der Waals surface area contributed by atoms with Crippen molar-refractivity contribution < 1.29 is 19.4 Å². The number of carbonyl (C=O) groups is 2. The molecule has 0 unspecified atom stereocenters. The minimum Gasteiger partial charge on any atom is -0.491 e. The first-order chi connectivity index (χ1) is 15.8. The van der Waals surface area contributed by atoms with Gasteiger partial charge in [0.05, 0.1) is 18.0 Å². The van der Waals surface area contributed by atoms with Crippen LogP contribution in [0.1, 0.15) is 40.0 Å². The Kier molecular flexibility index (Phi) is 7.61. The SMILES string of the molecule is C=Cc1cc(C)c(-c2cc(C(=O)N(C)c3ccccc3OCCCC(=O)O)ccc2C)cn1. The number of para-hydroxylation sites is 2. The van der Waals surface area contributed by atoms with E-state index in [-0.39, 0.29) is 18.9 Å². The number of aromatic nitrogens is 1. The number of hydrogen-bond donors (Lipinski definition) is 1. The summed E-state index contributed by atoms with van der Waals surface area (Å²) < 4.78 is 5.77. The molecule has 2 aromatic carbocycles. The lowest BCUT2D eigenvalue weighted by Crippen LogP contribution is -2.27. The van der Waals surface area contributed by atoms with E-state index in [2.05, 4.69) is 11.6 Å². The molecular formula is C27H28N2O4. The van der Waals surface area contributed by atoms with E-state index in [1.54, 1.807) is 24.1 Å². The van der Waals surface area contributed by atoms with Gasteiger partial charge < -0.3 is 14.7 Å². The van der Waals surface area contributed by atoms with E-state index >= 15 is 0 Å². The maximum absolute atomic E-state index is 13.4. The first-order valence-electron chi connectivity index (χ1n) is 10.7. The molecule has 6 nitrogen and oxygen atoms in total. The first kappa shape index (κ1) is 23.7. The van der Waals surface area contributed by atoms with E-state index in [1.807, 2.05) is 62.5 Å². The lowest BCUT2D eigenvalue weighted by Gasteiger charge is -2.21. The van der Waals surface area contributed by atoms with Crippen molar-refractivity contribution in [3.63, 3.8) is 0 Å². The Morgan fingerprint density at radius 2 is 1.85 bits per heavy atom. The Balaban J connectivity index is 1.87. The number of aryl methyl sites for hydroxylation is 2. The van der Waals surface area contributed by atoms with Crippen LogP contribution in [0.25, 0.3) is 17.2 Å². The Morgan fingerprint density at radius 1 is 1.09 bits per heavy atom. The van der Waals surface area contributed by atoms with Crippen molar-refractivity contribution in [1.29, 1.82) is 0 Å². The Morgan fingerprint density at radius 3 is 2.55 bits per heavy atom. The van der Waals surface area contributed by atoms with Crippen molar-refractivity contribution in [2.24, 2.45) is 0 Å². The number of carbonyl (C=O) groups excluding carboxylic acids is 1. The number of amides is 1. The maximum Gasteiger partial charge on any atom is 0.303 e. The minimum atomic E-state index is -0.862. The molecule has 0 saturated carbocycles. The van der Waals surface area contributed by atoms with Gasteiger partial charge in [0.15, 0.2) is 0 Å². The van der Waals surface area contributed by atoms with Crippen molar-refractivity contribution >= 4 is 23.6 Å². The second kappa shape index (κ2) is 10.6. The van der Waals surface area contributed by atoms with Crippen LogP contribution in [-0.2, 0) is 4.79 Å². The molecule has 0 aliphatic carbocycles. The zero-order valence-electron chi connectivity index (χ0n) is 19.2. The predicted octanol–water partition coefficient (Wildman–Crippen LogP) is 5.53. The third kappa shape index (κ3) is 5.66.